The van der Waals surface area contributed by atoms with Crippen molar-refractivity contribution in [2.45, 2.75) is 39.2 Å². The third kappa shape index (κ3) is 5.58. The second-order valence-electron chi connectivity index (χ2n) is 2.68. The summed E-state index contributed by atoms with van der Waals surface area (Å²) >= 11 is 0. The molecule has 0 saturated heterocycles. The maximum Gasteiger partial charge on any atom is 0.207 e. The smallest absolute Gasteiger partial charge is 0.207 e. The lowest BCUT2D eigenvalue weighted by molar-refractivity contribution is -0.117. The van der Waals surface area contributed by atoms with E-state index in [9.17, 15) is 9.59 Å². The first-order valence-electron chi connectivity index (χ1n) is 3.89. The van der Waals surface area contributed by atoms with E-state index in [2.05, 4.69) is 5.32 Å². The summed E-state index contributed by atoms with van der Waals surface area (Å²) in [6, 6.07) is 0.0370. The highest BCUT2D eigenvalue weighted by atomic mass is 16.1. The van der Waals surface area contributed by atoms with Crippen molar-refractivity contribution in [2.24, 2.45) is 0 Å². The molecule has 0 aliphatic carbocycles. The molecule has 1 unspecified atom stereocenters. The van der Waals surface area contributed by atoms with Gasteiger partial charge in [0.15, 0.2) is 0 Å². The first-order chi connectivity index (χ1) is 5.20. The molecule has 0 bridgehead atoms. The Morgan fingerprint density at radius 1 is 1.64 bits per heavy atom. The van der Waals surface area contributed by atoms with Crippen molar-refractivity contribution in [1.29, 1.82) is 0 Å². The molecule has 0 aliphatic heterocycles. The fraction of sp³-hybridized carbons (Fsp3) is 0.750. The van der Waals surface area contributed by atoms with E-state index in [-0.39, 0.29) is 11.8 Å². The predicted molar refractivity (Wildman–Crippen MR) is 43.2 cm³/mol. The van der Waals surface area contributed by atoms with E-state index in [0.717, 1.165) is 12.8 Å². The Morgan fingerprint density at radius 3 is 2.64 bits per heavy atom. The lowest BCUT2D eigenvalue weighted by Gasteiger charge is -2.12. The molecule has 3 heteroatoms. The van der Waals surface area contributed by atoms with Gasteiger partial charge in [0.2, 0.25) is 6.41 Å². The second-order valence-corrected chi connectivity index (χ2v) is 2.68. The van der Waals surface area contributed by atoms with E-state index in [1.807, 2.05) is 6.92 Å². The topological polar surface area (TPSA) is 46.2 Å². The van der Waals surface area contributed by atoms with E-state index in [4.69, 9.17) is 0 Å². The Balaban J connectivity index is 3.67. The molecule has 1 atom stereocenters. The van der Waals surface area contributed by atoms with Crippen LogP contribution in [0, 0.1) is 0 Å². The highest BCUT2D eigenvalue weighted by Crippen LogP contribution is 2.00. The number of nitrogens with one attached hydrogen (secondary N) is 1. The minimum Gasteiger partial charge on any atom is -0.356 e. The first kappa shape index (κ1) is 10.1. The molecular weight excluding hydrogens is 142 g/mol. The first-order valence-corrected chi connectivity index (χ1v) is 3.89. The van der Waals surface area contributed by atoms with Crippen LogP contribution in [0.4, 0.5) is 0 Å². The zero-order chi connectivity index (χ0) is 8.69. The van der Waals surface area contributed by atoms with Gasteiger partial charge in [-0.3, -0.25) is 9.59 Å². The van der Waals surface area contributed by atoms with Crippen LogP contribution in [0.3, 0.4) is 0 Å². The number of carbonyl (C=O) groups is 2. The van der Waals surface area contributed by atoms with E-state index in [1.165, 1.54) is 6.92 Å². The molecule has 0 radical (unpaired) electrons. The van der Waals surface area contributed by atoms with Crippen molar-refractivity contribution in [1.82, 2.24) is 5.32 Å². The average molecular weight is 157 g/mol. The van der Waals surface area contributed by atoms with E-state index < -0.39 is 0 Å². The van der Waals surface area contributed by atoms with Gasteiger partial charge in [-0.15, -0.1) is 0 Å². The predicted octanol–water partition coefficient (Wildman–Crippen LogP) is 0.880. The van der Waals surface area contributed by atoms with Gasteiger partial charge in [-0.25, -0.2) is 0 Å². The maximum atomic E-state index is 10.6. The van der Waals surface area contributed by atoms with Gasteiger partial charge in [0.05, 0.1) is 0 Å². The average Bonchev–Trinajstić information content (AvgIpc) is 1.87. The van der Waals surface area contributed by atoms with Crippen LogP contribution >= 0.6 is 0 Å². The molecule has 0 aliphatic rings. The molecule has 1 N–H and O–H groups in total. The Morgan fingerprint density at radius 2 is 2.27 bits per heavy atom. The van der Waals surface area contributed by atoms with Crippen molar-refractivity contribution in [3.05, 3.63) is 0 Å². The standard InChI is InChI=1S/C8H15NO2/c1-3-4-8(9-6-10)5-7(2)11/h6,8H,3-5H2,1-2H3,(H,9,10). The van der Waals surface area contributed by atoms with Gasteiger partial charge >= 0.3 is 0 Å². The molecule has 0 aromatic heterocycles. The summed E-state index contributed by atoms with van der Waals surface area (Å²) in [7, 11) is 0. The largest absolute Gasteiger partial charge is 0.356 e. The zero-order valence-corrected chi connectivity index (χ0v) is 7.09. The minimum atomic E-state index is 0.0370. The van der Waals surface area contributed by atoms with Gasteiger partial charge in [-0.05, 0) is 13.3 Å². The lowest BCUT2D eigenvalue weighted by Crippen LogP contribution is -2.29. The summed E-state index contributed by atoms with van der Waals surface area (Å²) in [5.74, 6) is 0.123. The normalized spacial score (nSPS) is 12.2. The van der Waals surface area contributed by atoms with Crippen molar-refractivity contribution in [2.75, 3.05) is 0 Å². The molecule has 0 aromatic rings. The zero-order valence-electron chi connectivity index (χ0n) is 7.09. The Bertz CT molecular complexity index is 134. The SMILES string of the molecule is CCCC(CC(C)=O)NC=O. The van der Waals surface area contributed by atoms with Crippen LogP contribution in [-0.4, -0.2) is 18.2 Å². The van der Waals surface area contributed by atoms with Crippen LogP contribution in [-0.2, 0) is 9.59 Å². The molecule has 0 aromatic carbocycles. The number of Topliss-reactive ketones (excluding diaryl/α,β-unsaturated/α-hetero) is 1. The second kappa shape index (κ2) is 5.89. The Labute approximate surface area is 67.2 Å². The monoisotopic (exact) mass is 157 g/mol. The molecule has 0 heterocycles. The number of rotatable bonds is 6. The highest BCUT2D eigenvalue weighted by Gasteiger charge is 2.07. The van der Waals surface area contributed by atoms with Gasteiger partial charge in [-0.2, -0.15) is 0 Å². The van der Waals surface area contributed by atoms with Crippen molar-refractivity contribution >= 4 is 12.2 Å². The third-order valence-corrected chi connectivity index (χ3v) is 1.47. The third-order valence-electron chi connectivity index (χ3n) is 1.47. The van der Waals surface area contributed by atoms with E-state index >= 15 is 0 Å². The number of hydrogen-bond acceptors (Lipinski definition) is 2. The Hall–Kier alpha value is -0.860. The van der Waals surface area contributed by atoms with Crippen molar-refractivity contribution < 1.29 is 9.59 Å². The molecule has 0 rings (SSSR count). The molecular formula is C8H15NO2. The molecule has 0 saturated carbocycles. The molecule has 1 amide bonds. The van der Waals surface area contributed by atoms with Gasteiger partial charge in [0.25, 0.3) is 0 Å². The number of ketones is 1. The molecule has 64 valence electrons. The van der Waals surface area contributed by atoms with Gasteiger partial charge in [0, 0.05) is 12.5 Å². The van der Waals surface area contributed by atoms with Gasteiger partial charge in [0.1, 0.15) is 5.78 Å². The Kier molecular flexibility index (Phi) is 5.43. The fourth-order valence-corrected chi connectivity index (χ4v) is 1.04. The number of hydrogen-bond donors (Lipinski definition) is 1. The summed E-state index contributed by atoms with van der Waals surface area (Å²) in [5.41, 5.74) is 0. The van der Waals surface area contributed by atoms with Crippen molar-refractivity contribution in [3.8, 4) is 0 Å². The van der Waals surface area contributed by atoms with Crippen LogP contribution in [0.2, 0.25) is 0 Å². The summed E-state index contributed by atoms with van der Waals surface area (Å²) < 4.78 is 0. The van der Waals surface area contributed by atoms with E-state index in [1.54, 1.807) is 0 Å². The van der Waals surface area contributed by atoms with Crippen LogP contribution in [0.1, 0.15) is 33.1 Å². The molecule has 0 fully saturated rings. The molecule has 3 nitrogen and oxygen atoms in total. The van der Waals surface area contributed by atoms with Crippen LogP contribution in [0.25, 0.3) is 0 Å². The summed E-state index contributed by atoms with van der Waals surface area (Å²) in [5, 5.41) is 2.61. The summed E-state index contributed by atoms with van der Waals surface area (Å²) in [6.07, 6.45) is 2.97. The molecule has 11 heavy (non-hydrogen) atoms. The van der Waals surface area contributed by atoms with E-state index in [0.29, 0.717) is 12.8 Å². The minimum absolute atomic E-state index is 0.0370. The van der Waals surface area contributed by atoms with Crippen LogP contribution < -0.4 is 5.32 Å². The quantitative estimate of drug-likeness (QED) is 0.582. The van der Waals surface area contributed by atoms with Crippen LogP contribution in [0.5, 0.6) is 0 Å². The summed E-state index contributed by atoms with van der Waals surface area (Å²) in [6.45, 7) is 3.56. The molecule has 0 spiro atoms. The summed E-state index contributed by atoms with van der Waals surface area (Å²) in [4.78, 5) is 20.7. The number of carbonyl (C=O) groups excluding carboxylic acids is 2. The van der Waals surface area contributed by atoms with Gasteiger partial charge < -0.3 is 5.32 Å². The number of amides is 1. The van der Waals surface area contributed by atoms with Crippen molar-refractivity contribution in [3.63, 3.8) is 0 Å². The van der Waals surface area contributed by atoms with Crippen LogP contribution in [0.15, 0.2) is 0 Å². The highest BCUT2D eigenvalue weighted by molar-refractivity contribution is 5.76. The maximum absolute atomic E-state index is 10.6. The lowest BCUT2D eigenvalue weighted by atomic mass is 10.1. The fourth-order valence-electron chi connectivity index (χ4n) is 1.04. The van der Waals surface area contributed by atoms with Gasteiger partial charge in [-0.1, -0.05) is 13.3 Å².